The maximum Gasteiger partial charge on any atom is 0.337 e. The van der Waals surface area contributed by atoms with Gasteiger partial charge >= 0.3 is 5.97 Å². The zero-order valence-electron chi connectivity index (χ0n) is 14.5. The van der Waals surface area contributed by atoms with Gasteiger partial charge in [-0.1, -0.05) is 0 Å². The van der Waals surface area contributed by atoms with Crippen LogP contribution in [-0.4, -0.2) is 53.6 Å². The summed E-state index contributed by atoms with van der Waals surface area (Å²) in [5.41, 5.74) is 1.26. The summed E-state index contributed by atoms with van der Waals surface area (Å²) in [6.45, 7) is 3.21. The fourth-order valence-electron chi connectivity index (χ4n) is 2.60. The van der Waals surface area contributed by atoms with Crippen LogP contribution in [0.2, 0.25) is 0 Å². The van der Waals surface area contributed by atoms with Crippen molar-refractivity contribution in [3.63, 3.8) is 0 Å². The van der Waals surface area contributed by atoms with Crippen molar-refractivity contribution in [3.8, 4) is 0 Å². The van der Waals surface area contributed by atoms with Crippen LogP contribution in [0, 0.1) is 24.0 Å². The van der Waals surface area contributed by atoms with E-state index in [0.717, 1.165) is 5.56 Å². The topological polar surface area (TPSA) is 122 Å². The Morgan fingerprint density at radius 2 is 2.15 bits per heavy atom. The number of carbonyl (C=O) groups is 2. The Labute approximate surface area is 157 Å². The van der Waals surface area contributed by atoms with Crippen LogP contribution < -0.4 is 5.32 Å². The van der Waals surface area contributed by atoms with Gasteiger partial charge in [0, 0.05) is 12.6 Å². The van der Waals surface area contributed by atoms with Crippen molar-refractivity contribution in [2.24, 2.45) is 0 Å². The summed E-state index contributed by atoms with van der Waals surface area (Å²) in [6.07, 6.45) is 0. The summed E-state index contributed by atoms with van der Waals surface area (Å²) in [7, 11) is 1.18. The minimum absolute atomic E-state index is 0.0285. The number of amides is 1. The third-order valence-electron chi connectivity index (χ3n) is 4.15. The molecule has 0 fully saturated rings. The van der Waals surface area contributed by atoms with Crippen LogP contribution in [0.3, 0.4) is 0 Å². The molecule has 9 nitrogen and oxygen atoms in total. The van der Waals surface area contributed by atoms with E-state index in [0.29, 0.717) is 10.0 Å². The van der Waals surface area contributed by atoms with Gasteiger partial charge in [0.15, 0.2) is 0 Å². The van der Waals surface area contributed by atoms with E-state index < -0.39 is 16.8 Å². The molecule has 0 bridgehead atoms. The van der Waals surface area contributed by atoms with Gasteiger partial charge in [0.25, 0.3) is 11.6 Å². The Kier molecular flexibility index (Phi) is 5.98. The van der Waals surface area contributed by atoms with E-state index in [9.17, 15) is 19.7 Å². The lowest BCUT2D eigenvalue weighted by atomic mass is 10.1. The Hall–Kier alpha value is -2.46. The molecule has 26 heavy (non-hydrogen) atoms. The van der Waals surface area contributed by atoms with Gasteiger partial charge in [-0.25, -0.2) is 4.79 Å². The third-order valence-corrected chi connectivity index (χ3v) is 5.14. The first-order valence-electron chi connectivity index (χ1n) is 7.65. The number of nitrogens with zero attached hydrogens (tertiary/aromatic N) is 2. The molecule has 1 aromatic rings. The summed E-state index contributed by atoms with van der Waals surface area (Å²) in [5, 5.41) is 23.3. The van der Waals surface area contributed by atoms with E-state index in [1.807, 2.05) is 0 Å². The lowest BCUT2D eigenvalue weighted by molar-refractivity contribution is -0.384. The van der Waals surface area contributed by atoms with Crippen LogP contribution in [-0.2, 0) is 14.3 Å². The summed E-state index contributed by atoms with van der Waals surface area (Å²) in [6, 6.07) is 1.39. The lowest BCUT2D eigenvalue weighted by Gasteiger charge is -2.16. The van der Waals surface area contributed by atoms with Crippen LogP contribution in [0.5, 0.6) is 0 Å². The quantitative estimate of drug-likeness (QED) is 0.401. The third kappa shape index (κ3) is 3.56. The number of hydrogen-bond acceptors (Lipinski definition) is 7. The fourth-order valence-corrected chi connectivity index (χ4v) is 3.21. The molecule has 1 heterocycles. The van der Waals surface area contributed by atoms with Gasteiger partial charge in [-0.05, 0) is 40.9 Å². The number of hydrogen-bond donors (Lipinski definition) is 2. The molecule has 0 radical (unpaired) electrons. The van der Waals surface area contributed by atoms with Gasteiger partial charge in [0.05, 0.1) is 35.2 Å². The predicted octanol–water partition coefficient (Wildman–Crippen LogP) is 1.65. The Morgan fingerprint density at radius 1 is 1.50 bits per heavy atom. The number of anilines is 1. The number of aliphatic hydroxyl groups is 1. The average molecular weight is 428 g/mol. The highest BCUT2D eigenvalue weighted by molar-refractivity contribution is 9.10. The normalized spacial score (nSPS) is 14.0. The summed E-state index contributed by atoms with van der Waals surface area (Å²) >= 11 is 3.33. The molecule has 1 aromatic carbocycles. The number of esters is 1. The number of benzene rings is 1. The number of halogens is 1. The maximum atomic E-state index is 12.6. The first-order valence-corrected chi connectivity index (χ1v) is 8.44. The van der Waals surface area contributed by atoms with Crippen molar-refractivity contribution in [3.05, 3.63) is 43.1 Å². The van der Waals surface area contributed by atoms with Crippen LogP contribution >= 0.6 is 15.9 Å². The fraction of sp³-hybridized carbons (Fsp3) is 0.375. The molecule has 2 N–H and O–H groups in total. The number of carbonyl (C=O) groups excluding carboxylic acids is 2. The van der Waals surface area contributed by atoms with Crippen LogP contribution in [0.1, 0.15) is 11.1 Å². The largest absolute Gasteiger partial charge is 0.466 e. The number of β-amino-alcohol motifs (C(OH)–C–C–N with tert-alkyl or cyclic N) is 1. The average Bonchev–Trinajstić information content (AvgIpc) is 2.90. The predicted molar refractivity (Wildman–Crippen MR) is 96.6 cm³/mol. The number of nitrogens with one attached hydrogen (secondary N) is 1. The lowest BCUT2D eigenvalue weighted by Crippen LogP contribution is -2.31. The van der Waals surface area contributed by atoms with Gasteiger partial charge in [0.2, 0.25) is 0 Å². The molecule has 10 heteroatoms. The van der Waals surface area contributed by atoms with Crippen molar-refractivity contribution in [1.29, 1.82) is 0 Å². The molecule has 0 spiro atoms. The highest BCUT2D eigenvalue weighted by atomic mass is 79.9. The molecule has 0 aliphatic carbocycles. The van der Waals surface area contributed by atoms with Crippen LogP contribution in [0.4, 0.5) is 11.4 Å². The molecular weight excluding hydrogens is 410 g/mol. The van der Waals surface area contributed by atoms with Gasteiger partial charge in [-0.15, -0.1) is 0 Å². The van der Waals surface area contributed by atoms with Gasteiger partial charge in [0.1, 0.15) is 11.4 Å². The van der Waals surface area contributed by atoms with Gasteiger partial charge in [-0.3, -0.25) is 14.9 Å². The number of aryl methyl sites for hydroxylation is 1. The van der Waals surface area contributed by atoms with Crippen molar-refractivity contribution in [2.45, 2.75) is 13.8 Å². The molecular formula is C16H18BrN3O6. The number of nitro benzene ring substituents is 1. The monoisotopic (exact) mass is 427 g/mol. The molecule has 1 aliphatic rings. The van der Waals surface area contributed by atoms with Crippen LogP contribution in [0.15, 0.2) is 21.8 Å². The molecule has 140 valence electrons. The van der Waals surface area contributed by atoms with Crippen molar-refractivity contribution in [1.82, 2.24) is 4.90 Å². The summed E-state index contributed by atoms with van der Waals surface area (Å²) < 4.78 is 5.13. The molecule has 0 atom stereocenters. The summed E-state index contributed by atoms with van der Waals surface area (Å²) in [5.74, 6) is -1.26. The van der Waals surface area contributed by atoms with Crippen molar-refractivity contribution in [2.75, 3.05) is 32.1 Å². The standard InChI is InChI=1S/C16H18BrN3O6/c1-8-6-11(20(24)25)14(12(17)9(8)2)18-13-10(16(23)26-3)7-19(4-5-21)15(13)22/h6,18,21H,4-5,7H2,1-3H3. The SMILES string of the molecule is COC(=O)C1=C(Nc2c([N+](=O)[O-])cc(C)c(C)c2Br)C(=O)N(CCO)C1. The van der Waals surface area contributed by atoms with E-state index in [-0.39, 0.29) is 42.3 Å². The van der Waals surface area contributed by atoms with Crippen LogP contribution in [0.25, 0.3) is 0 Å². The first-order chi connectivity index (χ1) is 12.2. The molecule has 2 rings (SSSR count). The first kappa shape index (κ1) is 19.9. The highest BCUT2D eigenvalue weighted by Crippen LogP contribution is 2.39. The molecule has 0 saturated carbocycles. The number of ether oxygens (including phenoxy) is 1. The number of aliphatic hydroxyl groups excluding tert-OH is 1. The van der Waals surface area contributed by atoms with E-state index in [4.69, 9.17) is 9.84 Å². The maximum absolute atomic E-state index is 12.6. The van der Waals surface area contributed by atoms with Gasteiger partial charge in [-0.2, -0.15) is 0 Å². The second kappa shape index (κ2) is 7.83. The Bertz CT molecular complexity index is 821. The second-order valence-electron chi connectivity index (χ2n) is 5.70. The van der Waals surface area contributed by atoms with Crippen molar-refractivity contribution < 1.29 is 24.4 Å². The van der Waals surface area contributed by atoms with E-state index in [1.165, 1.54) is 18.1 Å². The Balaban J connectivity index is 2.57. The summed E-state index contributed by atoms with van der Waals surface area (Å²) in [4.78, 5) is 36.7. The zero-order chi connectivity index (χ0) is 19.6. The van der Waals surface area contributed by atoms with E-state index >= 15 is 0 Å². The zero-order valence-corrected chi connectivity index (χ0v) is 16.0. The van der Waals surface area contributed by atoms with Crippen molar-refractivity contribution >= 4 is 39.2 Å². The highest BCUT2D eigenvalue weighted by Gasteiger charge is 2.36. The smallest absolute Gasteiger partial charge is 0.337 e. The number of rotatable bonds is 6. The molecule has 1 aliphatic heterocycles. The number of nitro groups is 1. The minimum atomic E-state index is -0.719. The molecule has 0 saturated heterocycles. The molecule has 0 unspecified atom stereocenters. The minimum Gasteiger partial charge on any atom is -0.466 e. The van der Waals surface area contributed by atoms with E-state index in [1.54, 1.807) is 13.8 Å². The van der Waals surface area contributed by atoms with Gasteiger partial charge < -0.3 is 20.1 Å². The van der Waals surface area contributed by atoms with E-state index in [2.05, 4.69) is 21.2 Å². The Morgan fingerprint density at radius 3 is 2.69 bits per heavy atom. The second-order valence-corrected chi connectivity index (χ2v) is 6.50. The number of methoxy groups -OCH3 is 1. The molecule has 1 amide bonds. The molecule has 0 aromatic heterocycles.